The zero-order valence-electron chi connectivity index (χ0n) is 11.9. The van der Waals surface area contributed by atoms with E-state index >= 15 is 0 Å². The first-order chi connectivity index (χ1) is 10.3. The number of imidazole rings is 1. The van der Waals surface area contributed by atoms with Gasteiger partial charge in [-0.15, -0.1) is 0 Å². The average Bonchev–Trinajstić information content (AvgIpc) is 2.93. The number of hydrogen-bond donors (Lipinski definition) is 2. The maximum absolute atomic E-state index is 5.78. The van der Waals surface area contributed by atoms with Gasteiger partial charge >= 0.3 is 0 Å². The van der Waals surface area contributed by atoms with Gasteiger partial charge in [0.25, 0.3) is 0 Å². The van der Waals surface area contributed by atoms with Gasteiger partial charge in [-0.05, 0) is 12.5 Å². The molecule has 3 N–H and O–H groups in total. The predicted molar refractivity (Wildman–Crippen MR) is 82.6 cm³/mol. The smallest absolute Gasteiger partial charge is 0.165 e. The van der Waals surface area contributed by atoms with Crippen molar-refractivity contribution in [3.63, 3.8) is 0 Å². The molecule has 0 saturated heterocycles. The van der Waals surface area contributed by atoms with E-state index in [9.17, 15) is 0 Å². The predicted octanol–water partition coefficient (Wildman–Crippen LogP) is 1.76. The lowest BCUT2D eigenvalue weighted by Crippen LogP contribution is -2.23. The molecule has 0 spiro atoms. The van der Waals surface area contributed by atoms with E-state index in [4.69, 9.17) is 5.73 Å². The molecule has 0 saturated carbocycles. The van der Waals surface area contributed by atoms with Gasteiger partial charge in [0, 0.05) is 19.1 Å². The first-order valence-corrected chi connectivity index (χ1v) is 6.95. The van der Waals surface area contributed by atoms with E-state index in [2.05, 4.69) is 51.5 Å². The lowest BCUT2D eigenvalue weighted by molar-refractivity contribution is 0.535. The first-order valence-electron chi connectivity index (χ1n) is 6.95. The van der Waals surface area contributed by atoms with Crippen molar-refractivity contribution in [2.75, 3.05) is 12.3 Å². The van der Waals surface area contributed by atoms with Crippen molar-refractivity contribution in [3.8, 4) is 0 Å². The lowest BCUT2D eigenvalue weighted by Gasteiger charge is -2.14. The van der Waals surface area contributed by atoms with E-state index in [0.29, 0.717) is 17.4 Å². The van der Waals surface area contributed by atoms with Crippen LogP contribution in [0.3, 0.4) is 0 Å². The van der Waals surface area contributed by atoms with Crippen molar-refractivity contribution in [2.24, 2.45) is 0 Å². The van der Waals surface area contributed by atoms with E-state index in [1.165, 1.54) is 11.9 Å². The molecule has 0 fully saturated rings. The molecule has 1 atom stereocenters. The Morgan fingerprint density at radius 3 is 2.81 bits per heavy atom. The van der Waals surface area contributed by atoms with Crippen molar-refractivity contribution in [1.82, 2.24) is 24.8 Å². The third-order valence-electron chi connectivity index (χ3n) is 3.53. The highest BCUT2D eigenvalue weighted by molar-refractivity contribution is 5.81. The molecule has 0 radical (unpaired) electrons. The largest absolute Gasteiger partial charge is 0.382 e. The van der Waals surface area contributed by atoms with Crippen LogP contribution in [0.2, 0.25) is 0 Å². The molecular weight excluding hydrogens is 264 g/mol. The number of benzene rings is 1. The maximum Gasteiger partial charge on any atom is 0.165 e. The van der Waals surface area contributed by atoms with Crippen molar-refractivity contribution >= 4 is 17.0 Å². The molecule has 0 amide bonds. The maximum atomic E-state index is 5.78. The highest BCUT2D eigenvalue weighted by Crippen LogP contribution is 2.14. The van der Waals surface area contributed by atoms with Crippen LogP contribution in [0.15, 0.2) is 43.0 Å². The molecule has 6 nitrogen and oxygen atoms in total. The Morgan fingerprint density at radius 1 is 1.19 bits per heavy atom. The number of nitrogens with one attached hydrogen (secondary N) is 1. The molecule has 21 heavy (non-hydrogen) atoms. The number of aromatic nitrogens is 4. The SMILES string of the molecule is C[C@H](NCCn1cnc2c(N)ncnc21)c1ccccc1. The summed E-state index contributed by atoms with van der Waals surface area (Å²) in [4.78, 5) is 12.4. The van der Waals surface area contributed by atoms with Gasteiger partial charge in [0.2, 0.25) is 0 Å². The fraction of sp³-hybridized carbons (Fsp3) is 0.267. The quantitative estimate of drug-likeness (QED) is 0.745. The summed E-state index contributed by atoms with van der Waals surface area (Å²) >= 11 is 0. The molecular formula is C15H18N6. The normalized spacial score (nSPS) is 12.6. The van der Waals surface area contributed by atoms with E-state index in [1.54, 1.807) is 6.33 Å². The van der Waals surface area contributed by atoms with Crippen LogP contribution in [0, 0.1) is 0 Å². The van der Waals surface area contributed by atoms with E-state index in [-0.39, 0.29) is 0 Å². The van der Waals surface area contributed by atoms with Gasteiger partial charge in [0.05, 0.1) is 6.33 Å². The Hall–Kier alpha value is -2.47. The lowest BCUT2D eigenvalue weighted by atomic mass is 10.1. The molecule has 0 aliphatic rings. The van der Waals surface area contributed by atoms with Gasteiger partial charge < -0.3 is 15.6 Å². The summed E-state index contributed by atoms with van der Waals surface area (Å²) in [6.45, 7) is 3.76. The Kier molecular flexibility index (Phi) is 3.79. The molecule has 1 aromatic carbocycles. The van der Waals surface area contributed by atoms with Crippen molar-refractivity contribution in [3.05, 3.63) is 48.5 Å². The summed E-state index contributed by atoms with van der Waals surface area (Å²) in [5.41, 5.74) is 8.49. The van der Waals surface area contributed by atoms with Crippen LogP contribution in [-0.4, -0.2) is 26.1 Å². The minimum absolute atomic E-state index is 0.306. The van der Waals surface area contributed by atoms with Gasteiger partial charge in [-0.3, -0.25) is 0 Å². The van der Waals surface area contributed by atoms with Crippen LogP contribution < -0.4 is 11.1 Å². The van der Waals surface area contributed by atoms with Gasteiger partial charge in [0.15, 0.2) is 11.5 Å². The summed E-state index contributed by atoms with van der Waals surface area (Å²) in [6.07, 6.45) is 3.22. The van der Waals surface area contributed by atoms with Crippen molar-refractivity contribution < 1.29 is 0 Å². The standard InChI is InChI=1S/C15H18N6/c1-11(12-5-3-2-4-6-12)17-7-8-21-10-20-13-14(16)18-9-19-15(13)21/h2-6,9-11,17H,7-8H2,1H3,(H2,16,18,19)/t11-/m0/s1. The number of nitrogen functional groups attached to an aromatic ring is 1. The topological polar surface area (TPSA) is 81.7 Å². The van der Waals surface area contributed by atoms with Gasteiger partial charge in [-0.1, -0.05) is 30.3 Å². The summed E-state index contributed by atoms with van der Waals surface area (Å²) in [6, 6.07) is 10.7. The van der Waals surface area contributed by atoms with E-state index in [0.717, 1.165) is 18.7 Å². The van der Waals surface area contributed by atoms with E-state index < -0.39 is 0 Å². The van der Waals surface area contributed by atoms with Crippen LogP contribution in [0.25, 0.3) is 11.2 Å². The second kappa shape index (κ2) is 5.88. The minimum atomic E-state index is 0.306. The van der Waals surface area contributed by atoms with Crippen LogP contribution >= 0.6 is 0 Å². The number of fused-ring (bicyclic) bond motifs is 1. The second-order valence-electron chi connectivity index (χ2n) is 4.96. The van der Waals surface area contributed by atoms with Gasteiger partial charge in [-0.25, -0.2) is 15.0 Å². The molecule has 3 rings (SSSR count). The molecule has 0 aliphatic carbocycles. The van der Waals surface area contributed by atoms with Crippen molar-refractivity contribution in [1.29, 1.82) is 0 Å². The number of anilines is 1. The Bertz CT molecular complexity index is 721. The van der Waals surface area contributed by atoms with Crippen LogP contribution in [0.1, 0.15) is 18.5 Å². The Morgan fingerprint density at radius 2 is 2.00 bits per heavy atom. The number of rotatable bonds is 5. The highest BCUT2D eigenvalue weighted by atomic mass is 15.1. The molecule has 0 bridgehead atoms. The number of hydrogen-bond acceptors (Lipinski definition) is 5. The minimum Gasteiger partial charge on any atom is -0.382 e. The third-order valence-corrected chi connectivity index (χ3v) is 3.53. The second-order valence-corrected chi connectivity index (χ2v) is 4.96. The van der Waals surface area contributed by atoms with E-state index in [1.807, 2.05) is 10.6 Å². The molecule has 6 heteroatoms. The zero-order valence-corrected chi connectivity index (χ0v) is 11.9. The summed E-state index contributed by atoms with van der Waals surface area (Å²) < 4.78 is 1.98. The summed E-state index contributed by atoms with van der Waals surface area (Å²) in [5, 5.41) is 3.49. The zero-order chi connectivity index (χ0) is 14.7. The highest BCUT2D eigenvalue weighted by Gasteiger charge is 2.08. The molecule has 0 unspecified atom stereocenters. The number of nitrogens with two attached hydrogens (primary N) is 1. The van der Waals surface area contributed by atoms with Crippen LogP contribution in [0.5, 0.6) is 0 Å². The summed E-state index contributed by atoms with van der Waals surface area (Å²) in [5.74, 6) is 0.421. The van der Waals surface area contributed by atoms with Crippen LogP contribution in [-0.2, 0) is 6.54 Å². The summed E-state index contributed by atoms with van der Waals surface area (Å²) in [7, 11) is 0. The average molecular weight is 282 g/mol. The molecule has 2 aromatic heterocycles. The first kappa shape index (κ1) is 13.5. The Labute approximate surface area is 123 Å². The fourth-order valence-corrected chi connectivity index (χ4v) is 2.32. The Balaban J connectivity index is 1.64. The van der Waals surface area contributed by atoms with Gasteiger partial charge in [-0.2, -0.15) is 0 Å². The van der Waals surface area contributed by atoms with Crippen LogP contribution in [0.4, 0.5) is 5.82 Å². The van der Waals surface area contributed by atoms with Crippen molar-refractivity contribution in [2.45, 2.75) is 19.5 Å². The third kappa shape index (κ3) is 2.85. The number of nitrogens with zero attached hydrogens (tertiary/aromatic N) is 4. The van der Waals surface area contributed by atoms with Gasteiger partial charge in [0.1, 0.15) is 11.8 Å². The molecule has 3 aromatic rings. The molecule has 108 valence electrons. The molecule has 0 aliphatic heterocycles. The monoisotopic (exact) mass is 282 g/mol. The fourth-order valence-electron chi connectivity index (χ4n) is 2.32. The molecule has 2 heterocycles.